The molecule has 2 aromatic carbocycles. The van der Waals surface area contributed by atoms with Crippen LogP contribution in [-0.4, -0.2) is 51.7 Å². The molecule has 0 bridgehead atoms. The SMILES string of the molecule is COC(=O)c1ccc2c(c1)C(C)(C)C(/C=C/c1ccc(OC)c(OC)c1OC)=[N+]2C.[I-]. The lowest BCUT2D eigenvalue weighted by Gasteiger charge is -2.16. The van der Waals surface area contributed by atoms with Crippen molar-refractivity contribution < 1.29 is 52.3 Å². The molecule has 2 aromatic rings. The minimum atomic E-state index is -0.338. The van der Waals surface area contributed by atoms with E-state index in [2.05, 4.69) is 24.5 Å². The average molecular weight is 537 g/mol. The standard InChI is InChI=1S/C24H28NO5.HI/c1-24(2)17-14-16(23(26)30-7)8-11-18(17)25(3)20(24)13-10-15-9-12-19(27-4)22(29-6)21(15)28-5;/h8-14H,1-7H3;1H/q+1;/p-1/b13-10+;. The maximum absolute atomic E-state index is 12.0. The molecule has 1 heterocycles. The summed E-state index contributed by atoms with van der Waals surface area (Å²) in [6, 6.07) is 9.45. The topological polar surface area (TPSA) is 57.0 Å². The van der Waals surface area contributed by atoms with Crippen LogP contribution in [0.4, 0.5) is 5.69 Å². The van der Waals surface area contributed by atoms with E-state index in [9.17, 15) is 4.79 Å². The third kappa shape index (κ3) is 4.28. The fraction of sp³-hybridized carbons (Fsp3) is 0.333. The van der Waals surface area contributed by atoms with E-state index in [0.717, 1.165) is 22.5 Å². The summed E-state index contributed by atoms with van der Waals surface area (Å²) in [5, 5.41) is 0. The molecule has 0 saturated carbocycles. The van der Waals surface area contributed by atoms with Crippen molar-refractivity contribution in [3.05, 3.63) is 53.1 Å². The Morgan fingerprint density at radius 1 is 0.935 bits per heavy atom. The molecular formula is C24H28INO5. The summed E-state index contributed by atoms with van der Waals surface area (Å²) in [6.45, 7) is 4.28. The van der Waals surface area contributed by atoms with Gasteiger partial charge in [0.1, 0.15) is 7.05 Å². The molecule has 0 N–H and O–H groups in total. The highest BCUT2D eigenvalue weighted by molar-refractivity contribution is 6.06. The van der Waals surface area contributed by atoms with E-state index in [1.54, 1.807) is 27.4 Å². The number of allylic oxidation sites excluding steroid dienone is 1. The van der Waals surface area contributed by atoms with E-state index in [-0.39, 0.29) is 35.4 Å². The second-order valence-corrected chi connectivity index (χ2v) is 7.55. The van der Waals surface area contributed by atoms with Gasteiger partial charge in [-0.1, -0.05) is 0 Å². The van der Waals surface area contributed by atoms with Crippen molar-refractivity contribution in [3.63, 3.8) is 0 Å². The summed E-state index contributed by atoms with van der Waals surface area (Å²) in [7, 11) is 8.21. The zero-order valence-electron chi connectivity index (χ0n) is 18.9. The number of carbonyl (C=O) groups is 1. The van der Waals surface area contributed by atoms with Crippen molar-refractivity contribution >= 4 is 23.4 Å². The van der Waals surface area contributed by atoms with Gasteiger partial charge in [0, 0.05) is 23.3 Å². The Hall–Kier alpha value is -2.55. The fourth-order valence-electron chi connectivity index (χ4n) is 4.01. The molecule has 166 valence electrons. The third-order valence-corrected chi connectivity index (χ3v) is 5.61. The molecule has 0 aromatic heterocycles. The highest BCUT2D eigenvalue weighted by Gasteiger charge is 2.43. The van der Waals surface area contributed by atoms with Gasteiger partial charge < -0.3 is 42.9 Å². The summed E-state index contributed by atoms with van der Waals surface area (Å²) < 4.78 is 23.5. The number of fused-ring (bicyclic) bond motifs is 1. The Morgan fingerprint density at radius 3 is 2.19 bits per heavy atom. The number of methoxy groups -OCH3 is 4. The van der Waals surface area contributed by atoms with Crippen LogP contribution in [0.15, 0.2) is 36.4 Å². The zero-order chi connectivity index (χ0) is 22.1. The number of nitrogens with zero attached hydrogens (tertiary/aromatic N) is 1. The molecule has 3 rings (SSSR count). The van der Waals surface area contributed by atoms with Crippen LogP contribution in [0.2, 0.25) is 0 Å². The lowest BCUT2D eigenvalue weighted by molar-refractivity contribution is -0.401. The van der Waals surface area contributed by atoms with Crippen LogP contribution in [0.3, 0.4) is 0 Å². The van der Waals surface area contributed by atoms with Crippen LogP contribution >= 0.6 is 0 Å². The molecule has 0 aliphatic carbocycles. The lowest BCUT2D eigenvalue weighted by Crippen LogP contribution is -3.00. The molecular weight excluding hydrogens is 509 g/mol. The van der Waals surface area contributed by atoms with Crippen LogP contribution in [0.1, 0.15) is 35.3 Å². The second-order valence-electron chi connectivity index (χ2n) is 7.55. The number of hydrogen-bond acceptors (Lipinski definition) is 5. The number of hydrogen-bond donors (Lipinski definition) is 0. The van der Waals surface area contributed by atoms with Gasteiger partial charge in [0.2, 0.25) is 11.4 Å². The average Bonchev–Trinajstić information content (AvgIpc) is 2.95. The van der Waals surface area contributed by atoms with Gasteiger partial charge in [-0.25, -0.2) is 4.79 Å². The van der Waals surface area contributed by atoms with Gasteiger partial charge in [0.25, 0.3) is 0 Å². The summed E-state index contributed by atoms with van der Waals surface area (Å²) in [4.78, 5) is 12.0. The van der Waals surface area contributed by atoms with Crippen LogP contribution in [0, 0.1) is 0 Å². The van der Waals surface area contributed by atoms with Gasteiger partial charge in [0.05, 0.1) is 39.4 Å². The first-order valence-electron chi connectivity index (χ1n) is 9.61. The quantitative estimate of drug-likeness (QED) is 0.315. The summed E-state index contributed by atoms with van der Waals surface area (Å²) in [5.74, 6) is 1.44. The maximum Gasteiger partial charge on any atom is 0.337 e. The number of esters is 1. The van der Waals surface area contributed by atoms with Crippen molar-refractivity contribution in [2.24, 2.45) is 0 Å². The molecule has 0 amide bonds. The van der Waals surface area contributed by atoms with Crippen molar-refractivity contribution in [2.45, 2.75) is 19.3 Å². The molecule has 7 heteroatoms. The minimum Gasteiger partial charge on any atom is -1.00 e. The Bertz CT molecular complexity index is 1060. The molecule has 0 atom stereocenters. The van der Waals surface area contributed by atoms with Gasteiger partial charge >= 0.3 is 5.97 Å². The molecule has 1 aliphatic heterocycles. The Morgan fingerprint density at radius 2 is 1.61 bits per heavy atom. The first-order valence-corrected chi connectivity index (χ1v) is 9.61. The van der Waals surface area contributed by atoms with Crippen molar-refractivity contribution in [1.29, 1.82) is 0 Å². The molecule has 6 nitrogen and oxygen atoms in total. The monoisotopic (exact) mass is 537 g/mol. The third-order valence-electron chi connectivity index (χ3n) is 5.61. The van der Waals surface area contributed by atoms with Crippen LogP contribution < -0.4 is 38.2 Å². The normalized spacial score (nSPS) is 14.2. The number of ether oxygens (including phenoxy) is 4. The summed E-state index contributed by atoms with van der Waals surface area (Å²) in [5.41, 5.74) is 4.35. The molecule has 0 saturated heterocycles. The maximum atomic E-state index is 12.0. The highest BCUT2D eigenvalue weighted by atomic mass is 127. The Balaban J connectivity index is 0.00000341. The van der Waals surface area contributed by atoms with Crippen LogP contribution in [-0.2, 0) is 10.2 Å². The first kappa shape index (κ1) is 24.7. The van der Waals surface area contributed by atoms with Crippen molar-refractivity contribution in [1.82, 2.24) is 0 Å². The van der Waals surface area contributed by atoms with Gasteiger partial charge in [-0.2, -0.15) is 4.58 Å². The van der Waals surface area contributed by atoms with E-state index in [1.807, 2.05) is 37.4 Å². The van der Waals surface area contributed by atoms with E-state index >= 15 is 0 Å². The first-order chi connectivity index (χ1) is 14.3. The largest absolute Gasteiger partial charge is 1.00 e. The van der Waals surface area contributed by atoms with E-state index < -0.39 is 0 Å². The van der Waals surface area contributed by atoms with E-state index in [0.29, 0.717) is 22.8 Å². The number of halogens is 1. The van der Waals surface area contributed by atoms with Crippen LogP contribution in [0.25, 0.3) is 6.08 Å². The van der Waals surface area contributed by atoms with Crippen LogP contribution in [0.5, 0.6) is 17.2 Å². The second kappa shape index (κ2) is 9.72. The minimum absolute atomic E-state index is 0. The van der Waals surface area contributed by atoms with Gasteiger partial charge in [0.15, 0.2) is 17.2 Å². The van der Waals surface area contributed by atoms with Gasteiger partial charge in [-0.05, 0) is 44.2 Å². The predicted molar refractivity (Wildman–Crippen MR) is 117 cm³/mol. The molecule has 0 radical (unpaired) electrons. The molecule has 1 aliphatic rings. The van der Waals surface area contributed by atoms with E-state index in [1.165, 1.54) is 7.11 Å². The molecule has 0 unspecified atom stereocenters. The summed E-state index contributed by atoms with van der Waals surface area (Å²) >= 11 is 0. The smallest absolute Gasteiger partial charge is 0.337 e. The summed E-state index contributed by atoms with van der Waals surface area (Å²) in [6.07, 6.45) is 4.07. The number of carbonyl (C=O) groups excluding carboxylic acids is 1. The lowest BCUT2D eigenvalue weighted by atomic mass is 9.80. The van der Waals surface area contributed by atoms with Crippen molar-refractivity contribution in [2.75, 3.05) is 35.5 Å². The number of benzene rings is 2. The van der Waals surface area contributed by atoms with E-state index in [4.69, 9.17) is 18.9 Å². The molecule has 0 fully saturated rings. The molecule has 31 heavy (non-hydrogen) atoms. The Kier molecular flexibility index (Phi) is 7.75. The zero-order valence-corrected chi connectivity index (χ0v) is 21.1. The predicted octanol–water partition coefficient (Wildman–Crippen LogP) is 1.22. The number of rotatable bonds is 6. The van der Waals surface area contributed by atoms with Crippen molar-refractivity contribution in [3.8, 4) is 17.2 Å². The highest BCUT2D eigenvalue weighted by Crippen LogP contribution is 2.42. The Labute approximate surface area is 200 Å². The molecule has 0 spiro atoms. The van der Waals surface area contributed by atoms with Gasteiger partial charge in [-0.15, -0.1) is 0 Å². The van der Waals surface area contributed by atoms with Gasteiger partial charge in [-0.3, -0.25) is 0 Å². The fourth-order valence-corrected chi connectivity index (χ4v) is 4.01.